The third-order valence-electron chi connectivity index (χ3n) is 8.89. The number of anilines is 1. The summed E-state index contributed by atoms with van der Waals surface area (Å²) < 4.78 is 10.7. The summed E-state index contributed by atoms with van der Waals surface area (Å²) in [6, 6.07) is 28.3. The minimum absolute atomic E-state index is 0.0848. The zero-order valence-corrected chi connectivity index (χ0v) is 27.5. The van der Waals surface area contributed by atoms with E-state index in [9.17, 15) is 19.2 Å². The fourth-order valence-corrected chi connectivity index (χ4v) is 6.37. The molecule has 0 saturated carbocycles. The van der Waals surface area contributed by atoms with E-state index < -0.39 is 36.0 Å². The van der Waals surface area contributed by atoms with Gasteiger partial charge >= 0.3 is 12.1 Å². The minimum Gasteiger partial charge on any atom is -0.467 e. The number of hydrogen-bond acceptors (Lipinski definition) is 6. The summed E-state index contributed by atoms with van der Waals surface area (Å²) in [4.78, 5) is 56.3. The van der Waals surface area contributed by atoms with E-state index in [-0.39, 0.29) is 36.1 Å². The van der Waals surface area contributed by atoms with Crippen LogP contribution in [0.4, 0.5) is 10.5 Å². The summed E-state index contributed by atoms with van der Waals surface area (Å²) in [5.74, 6) is -2.06. The summed E-state index contributed by atoms with van der Waals surface area (Å²) in [5, 5.41) is 9.24. The molecule has 0 spiro atoms. The Bertz CT molecular complexity index is 1970. The summed E-state index contributed by atoms with van der Waals surface area (Å²) >= 11 is 0. The Kier molecular flexibility index (Phi) is 9.75. The molecule has 6 rings (SSSR count). The second-order valence-corrected chi connectivity index (χ2v) is 12.3. The molecule has 2 atom stereocenters. The van der Waals surface area contributed by atoms with Crippen molar-refractivity contribution in [2.75, 3.05) is 19.0 Å². The maximum atomic E-state index is 14.0. The molecule has 0 radical (unpaired) electrons. The Balaban J connectivity index is 1.22. The van der Waals surface area contributed by atoms with Gasteiger partial charge in [-0.1, -0.05) is 92.7 Å². The van der Waals surface area contributed by atoms with Crippen molar-refractivity contribution in [3.63, 3.8) is 0 Å². The molecule has 10 heteroatoms. The van der Waals surface area contributed by atoms with Crippen LogP contribution in [-0.4, -0.2) is 54.7 Å². The molecular formula is C39H38N4O6. The number of benzene rings is 4. The van der Waals surface area contributed by atoms with E-state index in [2.05, 4.69) is 33.1 Å². The van der Waals surface area contributed by atoms with Gasteiger partial charge in [0.25, 0.3) is 5.91 Å². The number of rotatable bonds is 11. The number of carbonyl (C=O) groups excluding carboxylic acids is 4. The van der Waals surface area contributed by atoms with Crippen molar-refractivity contribution < 1.29 is 28.7 Å². The first-order chi connectivity index (χ1) is 23.7. The molecule has 0 bridgehead atoms. The number of nitrogens with one attached hydrogen (secondary N) is 4. The number of esters is 1. The van der Waals surface area contributed by atoms with Crippen molar-refractivity contribution in [3.8, 4) is 11.1 Å². The predicted octanol–water partition coefficient (Wildman–Crippen LogP) is 6.18. The molecular weight excluding hydrogens is 620 g/mol. The Hall–Kier alpha value is -5.90. The van der Waals surface area contributed by atoms with Gasteiger partial charge in [-0.05, 0) is 51.9 Å². The molecule has 1 aromatic heterocycles. The zero-order valence-electron chi connectivity index (χ0n) is 27.5. The highest BCUT2D eigenvalue weighted by Crippen LogP contribution is 2.44. The maximum absolute atomic E-state index is 14.0. The van der Waals surface area contributed by atoms with Crippen molar-refractivity contribution in [2.45, 2.75) is 38.3 Å². The lowest BCUT2D eigenvalue weighted by Crippen LogP contribution is -2.46. The van der Waals surface area contributed by atoms with Gasteiger partial charge in [0, 0.05) is 29.4 Å². The van der Waals surface area contributed by atoms with Crippen molar-refractivity contribution in [1.82, 2.24) is 15.6 Å². The van der Waals surface area contributed by atoms with Gasteiger partial charge in [-0.2, -0.15) is 0 Å². The van der Waals surface area contributed by atoms with Gasteiger partial charge in [0.05, 0.1) is 18.4 Å². The van der Waals surface area contributed by atoms with Crippen LogP contribution >= 0.6 is 0 Å². The monoisotopic (exact) mass is 658 g/mol. The third-order valence-corrected chi connectivity index (χ3v) is 8.89. The average Bonchev–Trinajstić information content (AvgIpc) is 3.67. The lowest BCUT2D eigenvalue weighted by molar-refractivity contribution is -0.144. The molecule has 0 aliphatic heterocycles. The molecule has 0 saturated heterocycles. The fraction of sp³-hybridized carbons (Fsp3) is 0.231. The molecule has 0 unspecified atom stereocenters. The Morgan fingerprint density at radius 2 is 1.43 bits per heavy atom. The molecule has 1 heterocycles. The van der Waals surface area contributed by atoms with Gasteiger partial charge in [-0.15, -0.1) is 0 Å². The topological polar surface area (TPSA) is 139 Å². The predicted molar refractivity (Wildman–Crippen MR) is 187 cm³/mol. The second kappa shape index (κ2) is 14.5. The maximum Gasteiger partial charge on any atom is 0.407 e. The summed E-state index contributed by atoms with van der Waals surface area (Å²) in [6.07, 6.45) is 1.21. The van der Waals surface area contributed by atoms with Crippen molar-refractivity contribution in [1.29, 1.82) is 0 Å². The molecule has 5 aromatic rings. The highest BCUT2D eigenvalue weighted by Gasteiger charge is 2.31. The van der Waals surface area contributed by atoms with Crippen LogP contribution in [0.15, 0.2) is 103 Å². The lowest BCUT2D eigenvalue weighted by atomic mass is 9.98. The third kappa shape index (κ3) is 7.03. The first-order valence-electron chi connectivity index (χ1n) is 16.2. The van der Waals surface area contributed by atoms with Gasteiger partial charge in [-0.25, -0.2) is 9.59 Å². The number of ether oxygens (including phenoxy) is 2. The van der Waals surface area contributed by atoms with Crippen LogP contribution in [0.5, 0.6) is 0 Å². The minimum atomic E-state index is -1.07. The van der Waals surface area contributed by atoms with E-state index in [0.717, 1.165) is 38.7 Å². The molecule has 4 aromatic carbocycles. The van der Waals surface area contributed by atoms with E-state index in [1.807, 2.05) is 66.9 Å². The van der Waals surface area contributed by atoms with Crippen LogP contribution in [0.3, 0.4) is 0 Å². The van der Waals surface area contributed by atoms with Crippen molar-refractivity contribution in [2.24, 2.45) is 5.92 Å². The van der Waals surface area contributed by atoms with Gasteiger partial charge in [0.15, 0.2) is 0 Å². The van der Waals surface area contributed by atoms with Gasteiger partial charge < -0.3 is 30.4 Å². The molecule has 3 amide bonds. The van der Waals surface area contributed by atoms with Crippen LogP contribution < -0.4 is 16.0 Å². The standard InChI is InChI=1S/C39H38N4O6/c1-23(2)35(38(46)48-3)43-36(44)30-17-9-11-19-33(30)41-37(45)34(20-24-21-40-32-18-10-8-12-25(24)32)42-39(47)49-22-31-28-15-6-4-13-26(28)27-14-5-7-16-29(27)31/h4-19,21,23,31,34-35,40H,20,22H2,1-3H3,(H,41,45)(H,42,47)(H,43,44)/t34-,35+/m0/s1. The van der Waals surface area contributed by atoms with Crippen molar-refractivity contribution in [3.05, 3.63) is 126 Å². The number of carbonyl (C=O) groups is 4. The number of para-hydroxylation sites is 2. The Labute approximate surface area is 284 Å². The Morgan fingerprint density at radius 1 is 0.796 bits per heavy atom. The van der Waals surface area contributed by atoms with E-state index in [4.69, 9.17) is 9.47 Å². The highest BCUT2D eigenvalue weighted by molar-refractivity contribution is 6.06. The molecule has 1 aliphatic carbocycles. The van der Waals surface area contributed by atoms with Gasteiger partial charge in [-0.3, -0.25) is 9.59 Å². The molecule has 1 aliphatic rings. The zero-order chi connectivity index (χ0) is 34.5. The van der Waals surface area contributed by atoms with Gasteiger partial charge in [0.1, 0.15) is 18.7 Å². The van der Waals surface area contributed by atoms with Crippen LogP contribution in [0.25, 0.3) is 22.0 Å². The number of aromatic nitrogens is 1. The summed E-state index contributed by atoms with van der Waals surface area (Å²) in [7, 11) is 1.26. The smallest absolute Gasteiger partial charge is 0.407 e. The largest absolute Gasteiger partial charge is 0.467 e. The van der Waals surface area contributed by atoms with Gasteiger partial charge in [0.2, 0.25) is 5.91 Å². The summed E-state index contributed by atoms with van der Waals surface area (Å²) in [5.41, 5.74) is 6.45. The van der Waals surface area contributed by atoms with E-state index >= 15 is 0 Å². The van der Waals surface area contributed by atoms with E-state index in [1.165, 1.54) is 7.11 Å². The normalized spacial score (nSPS) is 13.2. The SMILES string of the molecule is COC(=O)[C@H](NC(=O)c1ccccc1NC(=O)[C@H](Cc1c[nH]c2ccccc12)NC(=O)OCC1c2ccccc2-c2ccccc21)C(C)C. The number of fused-ring (bicyclic) bond motifs is 4. The number of amides is 3. The second-order valence-electron chi connectivity index (χ2n) is 12.3. The summed E-state index contributed by atoms with van der Waals surface area (Å²) in [6.45, 7) is 3.67. The molecule has 4 N–H and O–H groups in total. The molecule has 49 heavy (non-hydrogen) atoms. The number of H-pyrrole nitrogens is 1. The molecule has 250 valence electrons. The quantitative estimate of drug-likeness (QED) is 0.125. The highest BCUT2D eigenvalue weighted by atomic mass is 16.5. The first kappa shape index (κ1) is 33.0. The number of methoxy groups -OCH3 is 1. The van der Waals surface area contributed by atoms with Crippen LogP contribution in [0.1, 0.15) is 46.8 Å². The molecule has 0 fully saturated rings. The van der Waals surface area contributed by atoms with Crippen LogP contribution in [0.2, 0.25) is 0 Å². The number of aromatic amines is 1. The lowest BCUT2D eigenvalue weighted by Gasteiger charge is -2.22. The number of alkyl carbamates (subject to hydrolysis) is 1. The Morgan fingerprint density at radius 3 is 2.12 bits per heavy atom. The van der Waals surface area contributed by atoms with E-state index in [0.29, 0.717) is 0 Å². The fourth-order valence-electron chi connectivity index (χ4n) is 6.37. The molecule has 10 nitrogen and oxygen atoms in total. The van der Waals surface area contributed by atoms with E-state index in [1.54, 1.807) is 38.1 Å². The van der Waals surface area contributed by atoms with Crippen molar-refractivity contribution >= 4 is 40.5 Å². The van der Waals surface area contributed by atoms with Crippen LogP contribution in [-0.2, 0) is 25.5 Å². The first-order valence-corrected chi connectivity index (χ1v) is 16.2. The average molecular weight is 659 g/mol. The number of hydrogen-bond donors (Lipinski definition) is 4. The van der Waals surface area contributed by atoms with Crippen LogP contribution in [0, 0.1) is 5.92 Å².